The van der Waals surface area contributed by atoms with Gasteiger partial charge in [0.05, 0.1) is 23.6 Å². The second-order valence-corrected chi connectivity index (χ2v) is 4.44. The van der Waals surface area contributed by atoms with Gasteiger partial charge in [-0.15, -0.1) is 0 Å². The Kier molecular flexibility index (Phi) is 2.51. The summed E-state index contributed by atoms with van der Waals surface area (Å²) in [6.07, 6.45) is 3.86. The van der Waals surface area contributed by atoms with Crippen LogP contribution in [0.5, 0.6) is 0 Å². The Labute approximate surface area is 103 Å². The fourth-order valence-electron chi connectivity index (χ4n) is 1.86. The van der Waals surface area contributed by atoms with E-state index >= 15 is 0 Å². The first-order valence-electron chi connectivity index (χ1n) is 5.86. The molecule has 0 aromatic carbocycles. The molecule has 0 unspecified atom stereocenters. The van der Waals surface area contributed by atoms with Crippen LogP contribution in [0.3, 0.4) is 0 Å². The average Bonchev–Trinajstić information content (AvgIpc) is 2.93. The molecule has 5 N–H and O–H groups in total. The van der Waals surface area contributed by atoms with Crippen molar-refractivity contribution in [3.63, 3.8) is 0 Å². The maximum absolute atomic E-state index is 11.9. The van der Waals surface area contributed by atoms with E-state index in [1.54, 1.807) is 12.3 Å². The molecule has 0 bridgehead atoms. The molecule has 0 atom stereocenters. The Morgan fingerprint density at radius 1 is 1.50 bits per heavy atom. The number of nitrogens with zero attached hydrogens (tertiary/aromatic N) is 2. The first kappa shape index (κ1) is 10.8. The van der Waals surface area contributed by atoms with Gasteiger partial charge in [0, 0.05) is 12.1 Å². The summed E-state index contributed by atoms with van der Waals surface area (Å²) >= 11 is 0. The summed E-state index contributed by atoms with van der Waals surface area (Å²) in [6.45, 7) is 0.379. The molecular weight excluding hydrogens is 232 g/mol. The third-order valence-electron chi connectivity index (χ3n) is 3.03. The summed E-state index contributed by atoms with van der Waals surface area (Å²) in [5.41, 5.74) is 8.39. The SMILES string of the molecule is Nc1c(C(=O)NCc2ccn[nH]2)n[nH]c1C1CC1. The van der Waals surface area contributed by atoms with Crippen LogP contribution in [-0.2, 0) is 6.54 Å². The molecule has 2 aromatic heterocycles. The van der Waals surface area contributed by atoms with Crippen molar-refractivity contribution in [2.24, 2.45) is 0 Å². The van der Waals surface area contributed by atoms with Gasteiger partial charge in [-0.2, -0.15) is 10.2 Å². The number of nitrogens with one attached hydrogen (secondary N) is 3. The van der Waals surface area contributed by atoms with Gasteiger partial charge in [0.1, 0.15) is 0 Å². The van der Waals surface area contributed by atoms with Crippen molar-refractivity contribution in [2.75, 3.05) is 5.73 Å². The standard InChI is InChI=1S/C11H14N6O/c12-8-9(6-1-2-6)16-17-10(8)11(18)13-5-7-3-4-14-15-7/h3-4,6H,1-2,5,12H2,(H,13,18)(H,14,15)(H,16,17). The second kappa shape index (κ2) is 4.17. The lowest BCUT2D eigenvalue weighted by atomic mass is 10.2. The normalized spacial score (nSPS) is 14.7. The van der Waals surface area contributed by atoms with Crippen molar-refractivity contribution in [1.29, 1.82) is 0 Å². The molecule has 1 fully saturated rings. The molecule has 1 amide bonds. The molecule has 1 saturated carbocycles. The van der Waals surface area contributed by atoms with Crippen LogP contribution in [0, 0.1) is 0 Å². The van der Waals surface area contributed by atoms with E-state index in [2.05, 4.69) is 25.7 Å². The summed E-state index contributed by atoms with van der Waals surface area (Å²) in [4.78, 5) is 11.9. The largest absolute Gasteiger partial charge is 0.395 e. The van der Waals surface area contributed by atoms with Gasteiger partial charge in [-0.25, -0.2) is 0 Å². The number of anilines is 1. The molecule has 1 aliphatic carbocycles. The summed E-state index contributed by atoms with van der Waals surface area (Å²) < 4.78 is 0. The Morgan fingerprint density at radius 3 is 3.00 bits per heavy atom. The molecule has 7 nitrogen and oxygen atoms in total. The van der Waals surface area contributed by atoms with E-state index in [1.807, 2.05) is 0 Å². The first-order chi connectivity index (χ1) is 8.75. The van der Waals surface area contributed by atoms with Crippen molar-refractivity contribution in [3.05, 3.63) is 29.3 Å². The van der Waals surface area contributed by atoms with Crippen LogP contribution in [0.15, 0.2) is 12.3 Å². The number of aromatic amines is 2. The highest BCUT2D eigenvalue weighted by atomic mass is 16.1. The van der Waals surface area contributed by atoms with E-state index in [-0.39, 0.29) is 11.6 Å². The summed E-state index contributed by atoms with van der Waals surface area (Å²) in [6, 6.07) is 1.80. The molecular formula is C11H14N6O. The molecule has 0 saturated heterocycles. The van der Waals surface area contributed by atoms with Gasteiger partial charge in [-0.05, 0) is 18.9 Å². The summed E-state index contributed by atoms with van der Waals surface area (Å²) in [5, 5.41) is 16.2. The smallest absolute Gasteiger partial charge is 0.274 e. The van der Waals surface area contributed by atoms with Gasteiger partial charge in [-0.3, -0.25) is 15.0 Å². The molecule has 18 heavy (non-hydrogen) atoms. The van der Waals surface area contributed by atoms with Gasteiger partial charge in [-0.1, -0.05) is 0 Å². The minimum Gasteiger partial charge on any atom is -0.395 e. The van der Waals surface area contributed by atoms with E-state index in [9.17, 15) is 4.79 Å². The van der Waals surface area contributed by atoms with Gasteiger partial charge >= 0.3 is 0 Å². The number of hydrogen-bond acceptors (Lipinski definition) is 4. The van der Waals surface area contributed by atoms with Crippen LogP contribution in [0.1, 0.15) is 40.6 Å². The molecule has 0 radical (unpaired) electrons. The van der Waals surface area contributed by atoms with Gasteiger partial charge < -0.3 is 11.1 Å². The van der Waals surface area contributed by atoms with Crippen LogP contribution in [0.25, 0.3) is 0 Å². The third kappa shape index (κ3) is 1.94. The minimum atomic E-state index is -0.273. The Hall–Kier alpha value is -2.31. The van der Waals surface area contributed by atoms with Crippen molar-refractivity contribution >= 4 is 11.6 Å². The predicted octanol–water partition coefficient (Wildman–Crippen LogP) is 0.522. The maximum Gasteiger partial charge on any atom is 0.274 e. The number of carbonyl (C=O) groups excluding carboxylic acids is 1. The second-order valence-electron chi connectivity index (χ2n) is 4.44. The summed E-state index contributed by atoms with van der Waals surface area (Å²) in [5.74, 6) is 0.178. The number of nitrogens with two attached hydrogens (primary N) is 1. The van der Waals surface area contributed by atoms with Crippen molar-refractivity contribution < 1.29 is 4.79 Å². The number of rotatable bonds is 4. The van der Waals surface area contributed by atoms with E-state index in [0.29, 0.717) is 18.2 Å². The molecule has 3 rings (SSSR count). The fraction of sp³-hybridized carbons (Fsp3) is 0.364. The number of amides is 1. The topological polar surface area (TPSA) is 112 Å². The molecule has 2 heterocycles. The van der Waals surface area contributed by atoms with Gasteiger partial charge in [0.25, 0.3) is 5.91 Å². The van der Waals surface area contributed by atoms with E-state index in [1.165, 1.54) is 0 Å². The minimum absolute atomic E-state index is 0.273. The molecule has 94 valence electrons. The predicted molar refractivity (Wildman–Crippen MR) is 64.7 cm³/mol. The number of carbonyl (C=O) groups is 1. The Bertz CT molecular complexity index is 554. The van der Waals surface area contributed by atoms with Crippen molar-refractivity contribution in [2.45, 2.75) is 25.3 Å². The number of hydrogen-bond donors (Lipinski definition) is 4. The highest BCUT2D eigenvalue weighted by Gasteiger charge is 2.30. The van der Waals surface area contributed by atoms with Crippen LogP contribution < -0.4 is 11.1 Å². The lowest BCUT2D eigenvalue weighted by Gasteiger charge is -2.01. The maximum atomic E-state index is 11.9. The van der Waals surface area contributed by atoms with Crippen molar-refractivity contribution in [1.82, 2.24) is 25.7 Å². The third-order valence-corrected chi connectivity index (χ3v) is 3.03. The van der Waals surface area contributed by atoms with Crippen LogP contribution in [0.4, 0.5) is 5.69 Å². The Balaban J connectivity index is 1.68. The zero-order valence-electron chi connectivity index (χ0n) is 9.73. The molecule has 0 spiro atoms. The number of aromatic nitrogens is 4. The van der Waals surface area contributed by atoms with Crippen LogP contribution in [-0.4, -0.2) is 26.3 Å². The van der Waals surface area contributed by atoms with Gasteiger partial charge in [0.15, 0.2) is 5.69 Å². The van der Waals surface area contributed by atoms with Crippen LogP contribution >= 0.6 is 0 Å². The molecule has 2 aromatic rings. The monoisotopic (exact) mass is 246 g/mol. The number of nitrogen functional groups attached to an aromatic ring is 1. The highest BCUT2D eigenvalue weighted by Crippen LogP contribution is 2.42. The Morgan fingerprint density at radius 2 is 2.33 bits per heavy atom. The van der Waals surface area contributed by atoms with Crippen molar-refractivity contribution in [3.8, 4) is 0 Å². The average molecular weight is 246 g/mol. The fourth-order valence-corrected chi connectivity index (χ4v) is 1.86. The van der Waals surface area contributed by atoms with E-state index in [4.69, 9.17) is 5.73 Å². The molecule has 0 aliphatic heterocycles. The molecule has 1 aliphatic rings. The van der Waals surface area contributed by atoms with Crippen LogP contribution in [0.2, 0.25) is 0 Å². The number of H-pyrrole nitrogens is 2. The molecule has 7 heteroatoms. The van der Waals surface area contributed by atoms with E-state index < -0.39 is 0 Å². The summed E-state index contributed by atoms with van der Waals surface area (Å²) in [7, 11) is 0. The van der Waals surface area contributed by atoms with Gasteiger partial charge in [0.2, 0.25) is 0 Å². The first-order valence-corrected chi connectivity index (χ1v) is 5.86. The lowest BCUT2D eigenvalue weighted by molar-refractivity contribution is 0.0946. The zero-order chi connectivity index (χ0) is 12.5. The lowest BCUT2D eigenvalue weighted by Crippen LogP contribution is -2.24. The quantitative estimate of drug-likeness (QED) is 0.630. The zero-order valence-corrected chi connectivity index (χ0v) is 9.73. The highest BCUT2D eigenvalue weighted by molar-refractivity contribution is 5.97. The van der Waals surface area contributed by atoms with E-state index in [0.717, 1.165) is 24.2 Å².